The summed E-state index contributed by atoms with van der Waals surface area (Å²) in [4.78, 5) is 0. The number of aliphatic hydroxyl groups excluding tert-OH is 1. The normalized spacial score (nSPS) is 26.4. The van der Waals surface area contributed by atoms with E-state index in [-0.39, 0.29) is 6.04 Å². The summed E-state index contributed by atoms with van der Waals surface area (Å²) in [5.41, 5.74) is 0.407. The van der Waals surface area contributed by atoms with Crippen molar-refractivity contribution in [3.63, 3.8) is 0 Å². The first-order chi connectivity index (χ1) is 8.99. The topological polar surface area (TPSA) is 32.3 Å². The Morgan fingerprint density at radius 2 is 2.00 bits per heavy atom. The highest BCUT2D eigenvalue weighted by molar-refractivity contribution is 5.21. The molecule has 0 bridgehead atoms. The first-order valence-corrected chi connectivity index (χ1v) is 6.88. The summed E-state index contributed by atoms with van der Waals surface area (Å²) in [5.74, 6) is -1.21. The highest BCUT2D eigenvalue weighted by Crippen LogP contribution is 2.27. The maximum Gasteiger partial charge on any atom is 0.159 e. The number of hydrogen-bond donors (Lipinski definition) is 2. The highest BCUT2D eigenvalue weighted by Gasteiger charge is 2.27. The molecule has 0 heterocycles. The molecule has 4 unspecified atom stereocenters. The molecule has 1 aromatic rings. The first kappa shape index (κ1) is 14.4. The molecule has 1 saturated carbocycles. The van der Waals surface area contributed by atoms with Crippen LogP contribution in [0.2, 0.25) is 0 Å². The van der Waals surface area contributed by atoms with Gasteiger partial charge in [-0.05, 0) is 43.4 Å². The van der Waals surface area contributed by atoms with Crippen LogP contribution in [0.4, 0.5) is 8.78 Å². The van der Waals surface area contributed by atoms with Crippen molar-refractivity contribution < 1.29 is 13.9 Å². The van der Waals surface area contributed by atoms with Gasteiger partial charge in [0.2, 0.25) is 0 Å². The standard InChI is InChI=1S/C15H21F2NO/c1-9-4-3-5-14(9)18-10(2)15(19)11-6-7-12(16)13(17)8-11/h6-10,14-15,18-19H,3-5H2,1-2H3. The zero-order valence-corrected chi connectivity index (χ0v) is 11.4. The fourth-order valence-corrected chi connectivity index (χ4v) is 2.81. The molecule has 0 radical (unpaired) electrons. The van der Waals surface area contributed by atoms with Crippen molar-refractivity contribution in [2.24, 2.45) is 5.92 Å². The lowest BCUT2D eigenvalue weighted by Gasteiger charge is -2.26. The predicted octanol–water partition coefficient (Wildman–Crippen LogP) is 3.16. The first-order valence-electron chi connectivity index (χ1n) is 6.88. The van der Waals surface area contributed by atoms with Crippen LogP contribution >= 0.6 is 0 Å². The number of nitrogens with one attached hydrogen (secondary N) is 1. The Kier molecular flexibility index (Phi) is 4.53. The van der Waals surface area contributed by atoms with Gasteiger partial charge >= 0.3 is 0 Å². The number of halogens is 2. The number of hydrogen-bond acceptors (Lipinski definition) is 2. The van der Waals surface area contributed by atoms with Crippen molar-refractivity contribution in [3.8, 4) is 0 Å². The second-order valence-corrected chi connectivity index (χ2v) is 5.59. The second kappa shape index (κ2) is 5.97. The lowest BCUT2D eigenvalue weighted by atomic mass is 10.00. The minimum Gasteiger partial charge on any atom is -0.387 e. The predicted molar refractivity (Wildman–Crippen MR) is 70.7 cm³/mol. The average Bonchev–Trinajstić information content (AvgIpc) is 2.77. The lowest BCUT2D eigenvalue weighted by molar-refractivity contribution is 0.125. The Bertz CT molecular complexity index is 438. The van der Waals surface area contributed by atoms with E-state index in [9.17, 15) is 13.9 Å². The van der Waals surface area contributed by atoms with Crippen LogP contribution in [0, 0.1) is 17.6 Å². The molecule has 4 atom stereocenters. The smallest absolute Gasteiger partial charge is 0.159 e. The number of aliphatic hydroxyl groups is 1. The molecule has 4 heteroatoms. The Hall–Kier alpha value is -1.00. The van der Waals surface area contributed by atoms with Gasteiger partial charge in [0.15, 0.2) is 11.6 Å². The van der Waals surface area contributed by atoms with Crippen LogP contribution in [-0.4, -0.2) is 17.2 Å². The van der Waals surface area contributed by atoms with Crippen molar-refractivity contribution in [1.82, 2.24) is 5.32 Å². The van der Waals surface area contributed by atoms with Gasteiger partial charge in [0.25, 0.3) is 0 Å². The Morgan fingerprint density at radius 1 is 1.26 bits per heavy atom. The molecule has 0 aromatic heterocycles. The van der Waals surface area contributed by atoms with Gasteiger partial charge in [-0.2, -0.15) is 0 Å². The van der Waals surface area contributed by atoms with Crippen LogP contribution in [0.15, 0.2) is 18.2 Å². The lowest BCUT2D eigenvalue weighted by Crippen LogP contribution is -2.41. The zero-order valence-electron chi connectivity index (χ0n) is 11.4. The van der Waals surface area contributed by atoms with Crippen LogP contribution < -0.4 is 5.32 Å². The third-order valence-corrected chi connectivity index (χ3v) is 4.10. The van der Waals surface area contributed by atoms with Gasteiger partial charge in [0.1, 0.15) is 0 Å². The second-order valence-electron chi connectivity index (χ2n) is 5.59. The fourth-order valence-electron chi connectivity index (χ4n) is 2.81. The average molecular weight is 269 g/mol. The molecule has 0 amide bonds. The van der Waals surface area contributed by atoms with Gasteiger partial charge in [-0.25, -0.2) is 8.78 Å². The van der Waals surface area contributed by atoms with Gasteiger partial charge in [-0.15, -0.1) is 0 Å². The van der Waals surface area contributed by atoms with Gasteiger partial charge in [0.05, 0.1) is 6.10 Å². The van der Waals surface area contributed by atoms with Crippen LogP contribution in [-0.2, 0) is 0 Å². The van der Waals surface area contributed by atoms with E-state index in [1.165, 1.54) is 18.9 Å². The van der Waals surface area contributed by atoms with Crippen molar-refractivity contribution in [2.45, 2.75) is 51.3 Å². The summed E-state index contributed by atoms with van der Waals surface area (Å²) in [6, 6.07) is 3.76. The summed E-state index contributed by atoms with van der Waals surface area (Å²) < 4.78 is 26.0. The molecule has 1 aliphatic carbocycles. The van der Waals surface area contributed by atoms with Gasteiger partial charge in [-0.3, -0.25) is 0 Å². The molecule has 19 heavy (non-hydrogen) atoms. The van der Waals surface area contributed by atoms with E-state index >= 15 is 0 Å². The van der Waals surface area contributed by atoms with Crippen LogP contribution in [0.25, 0.3) is 0 Å². The third-order valence-electron chi connectivity index (χ3n) is 4.10. The molecule has 2 nitrogen and oxygen atoms in total. The monoisotopic (exact) mass is 269 g/mol. The summed E-state index contributed by atoms with van der Waals surface area (Å²) in [5, 5.41) is 13.6. The van der Waals surface area contributed by atoms with E-state index in [1.807, 2.05) is 6.92 Å². The molecule has 2 N–H and O–H groups in total. The summed E-state index contributed by atoms with van der Waals surface area (Å²) in [6.07, 6.45) is 2.68. The Morgan fingerprint density at radius 3 is 2.58 bits per heavy atom. The molecule has 0 saturated heterocycles. The SMILES string of the molecule is CC1CCCC1NC(C)C(O)c1ccc(F)c(F)c1. The molecule has 106 valence electrons. The van der Waals surface area contributed by atoms with Crippen molar-refractivity contribution >= 4 is 0 Å². The summed E-state index contributed by atoms with van der Waals surface area (Å²) in [7, 11) is 0. The molecule has 2 rings (SSSR count). The molecular weight excluding hydrogens is 248 g/mol. The maximum atomic E-state index is 13.2. The quantitative estimate of drug-likeness (QED) is 0.880. The van der Waals surface area contributed by atoms with Crippen molar-refractivity contribution in [2.75, 3.05) is 0 Å². The van der Waals surface area contributed by atoms with Crippen molar-refractivity contribution in [3.05, 3.63) is 35.4 Å². The molecule has 0 aliphatic heterocycles. The van der Waals surface area contributed by atoms with Crippen molar-refractivity contribution in [1.29, 1.82) is 0 Å². The summed E-state index contributed by atoms with van der Waals surface area (Å²) in [6.45, 7) is 4.07. The fraction of sp³-hybridized carbons (Fsp3) is 0.600. The largest absolute Gasteiger partial charge is 0.387 e. The molecule has 0 spiro atoms. The van der Waals surface area contributed by atoms with E-state index in [0.717, 1.165) is 18.6 Å². The highest BCUT2D eigenvalue weighted by atomic mass is 19.2. The van der Waals surface area contributed by atoms with Crippen LogP contribution in [0.3, 0.4) is 0 Å². The summed E-state index contributed by atoms with van der Waals surface area (Å²) >= 11 is 0. The van der Waals surface area contributed by atoms with Gasteiger partial charge in [0, 0.05) is 12.1 Å². The Labute approximate surface area is 112 Å². The third kappa shape index (κ3) is 3.31. The molecule has 1 aromatic carbocycles. The van der Waals surface area contributed by atoms with E-state index in [0.29, 0.717) is 17.5 Å². The zero-order chi connectivity index (χ0) is 14.0. The van der Waals surface area contributed by atoms with E-state index in [4.69, 9.17) is 0 Å². The van der Waals surface area contributed by atoms with Gasteiger partial charge < -0.3 is 10.4 Å². The molecule has 1 aliphatic rings. The van der Waals surface area contributed by atoms with Gasteiger partial charge in [-0.1, -0.05) is 19.4 Å². The minimum absolute atomic E-state index is 0.185. The van der Waals surface area contributed by atoms with E-state index in [1.54, 1.807) is 0 Å². The number of rotatable bonds is 4. The minimum atomic E-state index is -0.919. The Balaban J connectivity index is 2.01. The maximum absolute atomic E-state index is 13.2. The van der Waals surface area contributed by atoms with E-state index < -0.39 is 17.7 Å². The number of benzene rings is 1. The van der Waals surface area contributed by atoms with Crippen LogP contribution in [0.1, 0.15) is 44.8 Å². The molecular formula is C15H21F2NO. The van der Waals surface area contributed by atoms with Crippen LogP contribution in [0.5, 0.6) is 0 Å². The van der Waals surface area contributed by atoms with E-state index in [2.05, 4.69) is 12.2 Å². The molecule has 1 fully saturated rings.